The van der Waals surface area contributed by atoms with Crippen LogP contribution in [0.5, 0.6) is 0 Å². The molecule has 6 nitrogen and oxygen atoms in total. The van der Waals surface area contributed by atoms with Crippen molar-refractivity contribution in [2.45, 2.75) is 6.92 Å². The number of rotatable bonds is 3. The quantitative estimate of drug-likeness (QED) is 0.927. The van der Waals surface area contributed by atoms with Gasteiger partial charge in [0, 0.05) is 38.8 Å². The van der Waals surface area contributed by atoms with Gasteiger partial charge in [-0.15, -0.1) is 0 Å². The van der Waals surface area contributed by atoms with Crippen LogP contribution in [-0.2, 0) is 4.79 Å². The van der Waals surface area contributed by atoms with Crippen LogP contribution in [0.15, 0.2) is 41.0 Å². The average Bonchev–Trinajstić information content (AvgIpc) is 3.08. The lowest BCUT2D eigenvalue weighted by Crippen LogP contribution is -2.48. The lowest BCUT2D eigenvalue weighted by Gasteiger charge is -2.36. The lowest BCUT2D eigenvalue weighted by molar-refractivity contribution is -0.114. The van der Waals surface area contributed by atoms with E-state index in [0.717, 1.165) is 5.69 Å². The van der Waals surface area contributed by atoms with Crippen molar-refractivity contribution in [1.82, 2.24) is 4.90 Å². The Labute approximate surface area is 145 Å². The summed E-state index contributed by atoms with van der Waals surface area (Å²) in [5.41, 5.74) is 1.57. The maximum atomic E-state index is 12.3. The van der Waals surface area contributed by atoms with Crippen molar-refractivity contribution < 1.29 is 14.0 Å². The number of hydrogen-bond acceptors (Lipinski definition) is 4. The van der Waals surface area contributed by atoms with Crippen molar-refractivity contribution in [2.24, 2.45) is 0 Å². The number of carbonyl (C=O) groups excluding carboxylic acids is 2. The highest BCUT2D eigenvalue weighted by atomic mass is 35.5. The summed E-state index contributed by atoms with van der Waals surface area (Å²) in [7, 11) is 0. The zero-order valence-electron chi connectivity index (χ0n) is 13.3. The van der Waals surface area contributed by atoms with Crippen LogP contribution in [0.25, 0.3) is 0 Å². The van der Waals surface area contributed by atoms with E-state index in [9.17, 15) is 9.59 Å². The van der Waals surface area contributed by atoms with Gasteiger partial charge >= 0.3 is 0 Å². The van der Waals surface area contributed by atoms with E-state index in [4.69, 9.17) is 16.0 Å². The Morgan fingerprint density at radius 3 is 2.50 bits per heavy atom. The summed E-state index contributed by atoms with van der Waals surface area (Å²) in [6.07, 6.45) is 1.50. The zero-order chi connectivity index (χ0) is 17.1. The number of anilines is 2. The molecule has 24 heavy (non-hydrogen) atoms. The number of benzene rings is 1. The number of halogens is 1. The number of carbonyl (C=O) groups is 2. The van der Waals surface area contributed by atoms with Gasteiger partial charge in [-0.3, -0.25) is 9.59 Å². The van der Waals surface area contributed by atoms with E-state index >= 15 is 0 Å². The van der Waals surface area contributed by atoms with E-state index in [0.29, 0.717) is 42.6 Å². The van der Waals surface area contributed by atoms with Crippen molar-refractivity contribution in [2.75, 3.05) is 36.4 Å². The molecule has 126 valence electrons. The molecule has 1 fully saturated rings. The summed E-state index contributed by atoms with van der Waals surface area (Å²) in [6, 6.07) is 8.82. The van der Waals surface area contributed by atoms with E-state index in [1.807, 2.05) is 12.1 Å². The van der Waals surface area contributed by atoms with Crippen molar-refractivity contribution in [3.05, 3.63) is 47.4 Å². The molecule has 3 rings (SSSR count). The molecular weight excluding hydrogens is 330 g/mol. The topological polar surface area (TPSA) is 65.8 Å². The summed E-state index contributed by atoms with van der Waals surface area (Å²) in [6.45, 7) is 4.03. The Morgan fingerprint density at radius 2 is 1.92 bits per heavy atom. The Morgan fingerprint density at radius 1 is 1.17 bits per heavy atom. The fourth-order valence-corrected chi connectivity index (χ4v) is 3.05. The van der Waals surface area contributed by atoms with E-state index in [1.165, 1.54) is 13.2 Å². The first-order valence-corrected chi connectivity index (χ1v) is 8.07. The van der Waals surface area contributed by atoms with Gasteiger partial charge in [0.15, 0.2) is 5.76 Å². The summed E-state index contributed by atoms with van der Waals surface area (Å²) < 4.78 is 5.16. The predicted octanol–water partition coefficient (Wildman–Crippen LogP) is 2.85. The minimum Gasteiger partial charge on any atom is -0.459 e. The highest BCUT2D eigenvalue weighted by Crippen LogP contribution is 2.29. The Bertz CT molecular complexity index is 738. The minimum absolute atomic E-state index is 0.0910. The molecule has 1 N–H and O–H groups in total. The number of piperazine rings is 1. The molecule has 2 heterocycles. The van der Waals surface area contributed by atoms with Gasteiger partial charge in [-0.25, -0.2) is 0 Å². The van der Waals surface area contributed by atoms with Crippen LogP contribution in [0.2, 0.25) is 5.02 Å². The molecule has 2 aromatic rings. The first-order valence-electron chi connectivity index (χ1n) is 7.69. The van der Waals surface area contributed by atoms with Crippen LogP contribution < -0.4 is 10.2 Å². The molecule has 0 spiro atoms. The first kappa shape index (κ1) is 16.4. The third kappa shape index (κ3) is 3.54. The van der Waals surface area contributed by atoms with Crippen molar-refractivity contribution >= 4 is 34.8 Å². The summed E-state index contributed by atoms with van der Waals surface area (Å²) >= 11 is 6.34. The second-order valence-corrected chi connectivity index (χ2v) is 6.01. The van der Waals surface area contributed by atoms with Crippen molar-refractivity contribution in [3.8, 4) is 0 Å². The van der Waals surface area contributed by atoms with Crippen molar-refractivity contribution in [1.29, 1.82) is 0 Å². The molecule has 2 amide bonds. The molecule has 7 heteroatoms. The Hall–Kier alpha value is -2.47. The second-order valence-electron chi connectivity index (χ2n) is 5.60. The fraction of sp³-hybridized carbons (Fsp3) is 0.294. The van der Waals surface area contributed by atoms with Gasteiger partial charge in [0.05, 0.1) is 17.0 Å². The first-order chi connectivity index (χ1) is 11.5. The summed E-state index contributed by atoms with van der Waals surface area (Å²) in [4.78, 5) is 27.3. The smallest absolute Gasteiger partial charge is 0.289 e. The number of hydrogen-bond donors (Lipinski definition) is 1. The van der Waals surface area contributed by atoms with Crippen LogP contribution in [0, 0.1) is 0 Å². The molecule has 0 aliphatic carbocycles. The second kappa shape index (κ2) is 6.97. The standard InChI is InChI=1S/C17H18ClN3O3/c1-12(22)19-13-4-5-15(14(18)11-13)20-6-8-21(9-7-20)17(23)16-3-2-10-24-16/h2-5,10-11H,6-9H2,1H3,(H,19,22). The molecule has 1 aromatic carbocycles. The van der Waals surface area contributed by atoms with Gasteiger partial charge in [-0.1, -0.05) is 11.6 Å². The SMILES string of the molecule is CC(=O)Nc1ccc(N2CCN(C(=O)c3ccco3)CC2)c(Cl)c1. The number of nitrogens with zero attached hydrogens (tertiary/aromatic N) is 2. The largest absolute Gasteiger partial charge is 0.459 e. The molecule has 0 bridgehead atoms. The van der Waals surface area contributed by atoms with Gasteiger partial charge in [-0.2, -0.15) is 0 Å². The highest BCUT2D eigenvalue weighted by Gasteiger charge is 2.24. The molecule has 0 unspecified atom stereocenters. The van der Waals surface area contributed by atoms with Gasteiger partial charge in [0.1, 0.15) is 0 Å². The highest BCUT2D eigenvalue weighted by molar-refractivity contribution is 6.33. The Kier molecular flexibility index (Phi) is 4.76. The number of amides is 2. The summed E-state index contributed by atoms with van der Waals surface area (Å²) in [5, 5.41) is 3.28. The molecule has 1 aromatic heterocycles. The lowest BCUT2D eigenvalue weighted by atomic mass is 10.2. The van der Waals surface area contributed by atoms with Crippen molar-refractivity contribution in [3.63, 3.8) is 0 Å². The molecule has 1 saturated heterocycles. The zero-order valence-corrected chi connectivity index (χ0v) is 14.0. The van der Waals surface area contributed by atoms with Gasteiger partial charge in [0.25, 0.3) is 5.91 Å². The van der Waals surface area contributed by atoms with Gasteiger partial charge < -0.3 is 19.5 Å². The maximum absolute atomic E-state index is 12.3. The van der Waals surface area contributed by atoms with E-state index in [-0.39, 0.29) is 11.8 Å². The number of nitrogens with one attached hydrogen (secondary N) is 1. The normalized spacial score (nSPS) is 14.6. The van der Waals surface area contributed by atoms with Gasteiger partial charge in [-0.05, 0) is 30.3 Å². The third-order valence-corrected chi connectivity index (χ3v) is 4.21. The molecule has 0 atom stereocenters. The fourth-order valence-electron chi connectivity index (χ4n) is 2.75. The number of furan rings is 1. The molecule has 0 saturated carbocycles. The Balaban J connectivity index is 1.64. The van der Waals surface area contributed by atoms with Crippen LogP contribution in [0.4, 0.5) is 11.4 Å². The van der Waals surface area contributed by atoms with E-state index in [2.05, 4.69) is 10.2 Å². The molecular formula is C17H18ClN3O3. The third-order valence-electron chi connectivity index (χ3n) is 3.91. The molecule has 0 radical (unpaired) electrons. The molecule has 1 aliphatic heterocycles. The van der Waals surface area contributed by atoms with E-state index < -0.39 is 0 Å². The minimum atomic E-state index is -0.135. The molecule has 1 aliphatic rings. The van der Waals surface area contributed by atoms with E-state index in [1.54, 1.807) is 23.1 Å². The van der Waals surface area contributed by atoms with Crippen LogP contribution in [-0.4, -0.2) is 42.9 Å². The van der Waals surface area contributed by atoms with Gasteiger partial charge in [0.2, 0.25) is 5.91 Å². The maximum Gasteiger partial charge on any atom is 0.289 e. The monoisotopic (exact) mass is 347 g/mol. The average molecular weight is 348 g/mol. The van der Waals surface area contributed by atoms with Crippen LogP contribution >= 0.6 is 11.6 Å². The summed E-state index contributed by atoms with van der Waals surface area (Å²) in [5.74, 6) is 0.136. The van der Waals surface area contributed by atoms with Crippen LogP contribution in [0.1, 0.15) is 17.5 Å². The van der Waals surface area contributed by atoms with Crippen LogP contribution in [0.3, 0.4) is 0 Å². The predicted molar refractivity (Wildman–Crippen MR) is 92.6 cm³/mol.